The molecule has 1 amide bonds. The summed E-state index contributed by atoms with van der Waals surface area (Å²) in [5.74, 6) is 1.17. The number of thiazole rings is 1. The van der Waals surface area contributed by atoms with E-state index in [0.717, 1.165) is 21.3 Å². The van der Waals surface area contributed by atoms with E-state index in [9.17, 15) is 9.59 Å². The summed E-state index contributed by atoms with van der Waals surface area (Å²) in [4.78, 5) is 28.8. The number of para-hydroxylation sites is 1. The van der Waals surface area contributed by atoms with Gasteiger partial charge in [-0.05, 0) is 18.1 Å². The molecular weight excluding hydrogens is 404 g/mol. The van der Waals surface area contributed by atoms with Gasteiger partial charge in [-0.1, -0.05) is 60.3 Å². The number of carbonyl (C=O) groups excluding carboxylic acids is 2. The van der Waals surface area contributed by atoms with E-state index in [2.05, 4.69) is 10.3 Å². The lowest BCUT2D eigenvalue weighted by atomic mass is 10.1. The van der Waals surface area contributed by atoms with Crippen LogP contribution in [0.3, 0.4) is 0 Å². The highest BCUT2D eigenvalue weighted by atomic mass is 32.2. The highest BCUT2D eigenvalue weighted by molar-refractivity contribution is 8.01. The Morgan fingerprint density at radius 3 is 2.66 bits per heavy atom. The minimum atomic E-state index is -0.0675. The van der Waals surface area contributed by atoms with Crippen molar-refractivity contribution in [3.8, 4) is 5.75 Å². The number of nitrogens with zero attached hydrogens (tertiary/aromatic N) is 1. The minimum absolute atomic E-state index is 0.0675. The maximum Gasteiger partial charge on any atom is 0.226 e. The van der Waals surface area contributed by atoms with Crippen LogP contribution in [0.1, 0.15) is 21.6 Å². The van der Waals surface area contributed by atoms with Gasteiger partial charge < -0.3 is 10.1 Å². The fourth-order valence-corrected chi connectivity index (χ4v) is 4.48. The van der Waals surface area contributed by atoms with E-state index in [-0.39, 0.29) is 18.1 Å². The molecule has 29 heavy (non-hydrogen) atoms. The number of hydrogen-bond acceptors (Lipinski definition) is 6. The van der Waals surface area contributed by atoms with Gasteiger partial charge in [-0.25, -0.2) is 4.98 Å². The third-order valence-electron chi connectivity index (χ3n) is 4.20. The van der Waals surface area contributed by atoms with Gasteiger partial charge in [0.2, 0.25) is 5.91 Å². The number of thioether (sulfide) groups is 1. The van der Waals surface area contributed by atoms with Crippen molar-refractivity contribution in [3.05, 3.63) is 76.8 Å². The van der Waals surface area contributed by atoms with Crippen LogP contribution in [0.15, 0.2) is 64.3 Å². The third-order valence-corrected chi connectivity index (χ3v) is 6.27. The standard InChI is InChI=1S/C22H22N2O3S2/c1-27-20-10-6-5-9-17(20)11-12-23-21(26)13-18-14-28-22(24-18)29-15-19(25)16-7-3-2-4-8-16/h2-10,14H,11-13,15H2,1H3,(H,23,26). The molecule has 3 aromatic rings. The van der Waals surface area contributed by atoms with E-state index in [1.807, 2.05) is 60.0 Å². The quantitative estimate of drug-likeness (QED) is 0.392. The van der Waals surface area contributed by atoms with Crippen molar-refractivity contribution in [2.45, 2.75) is 17.2 Å². The number of hydrogen-bond donors (Lipinski definition) is 1. The summed E-state index contributed by atoms with van der Waals surface area (Å²) in [5, 5.41) is 4.79. The highest BCUT2D eigenvalue weighted by Crippen LogP contribution is 2.24. The van der Waals surface area contributed by atoms with Crippen LogP contribution < -0.4 is 10.1 Å². The van der Waals surface area contributed by atoms with Crippen molar-refractivity contribution in [1.29, 1.82) is 0 Å². The molecule has 0 saturated heterocycles. The lowest BCUT2D eigenvalue weighted by Crippen LogP contribution is -2.27. The number of benzene rings is 2. The first-order chi connectivity index (χ1) is 14.2. The maximum absolute atomic E-state index is 12.2. The fraction of sp³-hybridized carbons (Fsp3) is 0.227. The Kier molecular flexibility index (Phi) is 7.84. The second kappa shape index (κ2) is 10.8. The normalized spacial score (nSPS) is 10.5. The minimum Gasteiger partial charge on any atom is -0.496 e. The average Bonchev–Trinajstić information content (AvgIpc) is 3.20. The molecule has 1 N–H and O–H groups in total. The zero-order valence-corrected chi connectivity index (χ0v) is 17.7. The van der Waals surface area contributed by atoms with Gasteiger partial charge in [-0.3, -0.25) is 9.59 Å². The zero-order chi connectivity index (χ0) is 20.5. The topological polar surface area (TPSA) is 68.3 Å². The summed E-state index contributed by atoms with van der Waals surface area (Å²) < 4.78 is 6.12. The summed E-state index contributed by atoms with van der Waals surface area (Å²) >= 11 is 2.86. The molecule has 0 radical (unpaired) electrons. The largest absolute Gasteiger partial charge is 0.496 e. The van der Waals surface area contributed by atoms with Gasteiger partial charge in [0.15, 0.2) is 10.1 Å². The van der Waals surface area contributed by atoms with Gasteiger partial charge in [0.05, 0.1) is 25.0 Å². The van der Waals surface area contributed by atoms with Crippen molar-refractivity contribution in [2.75, 3.05) is 19.4 Å². The zero-order valence-electron chi connectivity index (χ0n) is 16.1. The van der Waals surface area contributed by atoms with E-state index in [4.69, 9.17) is 4.74 Å². The van der Waals surface area contributed by atoms with Gasteiger partial charge in [0.25, 0.3) is 0 Å². The molecule has 0 atom stereocenters. The molecule has 0 spiro atoms. The van der Waals surface area contributed by atoms with Crippen molar-refractivity contribution >= 4 is 34.8 Å². The number of aromatic nitrogens is 1. The molecule has 5 nitrogen and oxygen atoms in total. The monoisotopic (exact) mass is 426 g/mol. The van der Waals surface area contributed by atoms with Crippen LogP contribution in [0.25, 0.3) is 0 Å². The average molecular weight is 427 g/mol. The SMILES string of the molecule is COc1ccccc1CCNC(=O)Cc1csc(SCC(=O)c2ccccc2)n1. The lowest BCUT2D eigenvalue weighted by Gasteiger charge is -2.08. The van der Waals surface area contributed by atoms with Crippen LogP contribution in [0.4, 0.5) is 0 Å². The van der Waals surface area contributed by atoms with Gasteiger partial charge in [0.1, 0.15) is 5.75 Å². The second-order valence-corrected chi connectivity index (χ2v) is 8.35. The van der Waals surface area contributed by atoms with E-state index < -0.39 is 0 Å². The Hall–Kier alpha value is -2.64. The Morgan fingerprint density at radius 2 is 1.86 bits per heavy atom. The van der Waals surface area contributed by atoms with Gasteiger partial charge in [-0.15, -0.1) is 11.3 Å². The summed E-state index contributed by atoms with van der Waals surface area (Å²) in [6, 6.07) is 17.0. The van der Waals surface area contributed by atoms with Crippen LogP contribution in [0, 0.1) is 0 Å². The van der Waals surface area contributed by atoms with Crippen molar-refractivity contribution in [3.63, 3.8) is 0 Å². The molecule has 2 aromatic carbocycles. The maximum atomic E-state index is 12.2. The molecule has 1 heterocycles. The van der Waals surface area contributed by atoms with E-state index >= 15 is 0 Å². The fourth-order valence-electron chi connectivity index (χ4n) is 2.74. The predicted octanol–water partition coefficient (Wildman–Crippen LogP) is 4.03. The molecule has 7 heteroatoms. The molecule has 0 bridgehead atoms. The summed E-state index contributed by atoms with van der Waals surface area (Å²) in [6.45, 7) is 0.538. The molecule has 150 valence electrons. The molecule has 0 aliphatic heterocycles. The van der Waals surface area contributed by atoms with Crippen LogP contribution >= 0.6 is 23.1 Å². The van der Waals surface area contributed by atoms with E-state index in [0.29, 0.717) is 24.3 Å². The smallest absolute Gasteiger partial charge is 0.226 e. The highest BCUT2D eigenvalue weighted by Gasteiger charge is 2.11. The number of ether oxygens (including phenoxy) is 1. The van der Waals surface area contributed by atoms with Crippen molar-refractivity contribution < 1.29 is 14.3 Å². The van der Waals surface area contributed by atoms with Crippen molar-refractivity contribution in [2.24, 2.45) is 0 Å². The lowest BCUT2D eigenvalue weighted by molar-refractivity contribution is -0.120. The molecular formula is C22H22N2O3S2. The van der Waals surface area contributed by atoms with Crippen LogP contribution in [0.2, 0.25) is 0 Å². The summed E-state index contributed by atoms with van der Waals surface area (Å²) in [5.41, 5.74) is 2.48. The number of rotatable bonds is 10. The molecule has 0 unspecified atom stereocenters. The number of amides is 1. The summed E-state index contributed by atoms with van der Waals surface area (Å²) in [6.07, 6.45) is 0.936. The Morgan fingerprint density at radius 1 is 1.10 bits per heavy atom. The molecule has 1 aromatic heterocycles. The van der Waals surface area contributed by atoms with Gasteiger partial charge >= 0.3 is 0 Å². The van der Waals surface area contributed by atoms with Gasteiger partial charge in [-0.2, -0.15) is 0 Å². The first-order valence-electron chi connectivity index (χ1n) is 9.19. The number of methoxy groups -OCH3 is 1. The van der Waals surface area contributed by atoms with Gasteiger partial charge in [0, 0.05) is 17.5 Å². The Bertz CT molecular complexity index is 957. The number of Topliss-reactive ketones (excluding diaryl/α,β-unsaturated/α-hetero) is 1. The summed E-state index contributed by atoms with van der Waals surface area (Å²) in [7, 11) is 1.64. The molecule has 0 aliphatic carbocycles. The Labute approximate surface area is 178 Å². The molecule has 0 aliphatic rings. The Balaban J connectivity index is 1.42. The van der Waals surface area contributed by atoms with Crippen LogP contribution in [-0.2, 0) is 17.6 Å². The molecule has 0 saturated carbocycles. The van der Waals surface area contributed by atoms with Crippen LogP contribution in [-0.4, -0.2) is 36.1 Å². The molecule has 0 fully saturated rings. The number of carbonyl (C=O) groups is 2. The number of ketones is 1. The van der Waals surface area contributed by atoms with Crippen LogP contribution in [0.5, 0.6) is 5.75 Å². The van der Waals surface area contributed by atoms with E-state index in [1.54, 1.807) is 7.11 Å². The third kappa shape index (κ3) is 6.44. The van der Waals surface area contributed by atoms with E-state index in [1.165, 1.54) is 23.1 Å². The first-order valence-corrected chi connectivity index (χ1v) is 11.1. The first kappa shape index (κ1) is 21.1. The predicted molar refractivity (Wildman–Crippen MR) is 117 cm³/mol. The second-order valence-electron chi connectivity index (χ2n) is 6.27. The number of nitrogens with one attached hydrogen (secondary N) is 1. The molecule has 3 rings (SSSR count). The van der Waals surface area contributed by atoms with Crippen molar-refractivity contribution in [1.82, 2.24) is 10.3 Å².